The molecule has 0 unspecified atom stereocenters. The van der Waals surface area contributed by atoms with E-state index in [9.17, 15) is 4.79 Å². The van der Waals surface area contributed by atoms with Crippen LogP contribution >= 0.6 is 0 Å². The number of carbonyl (C=O) groups excluding carboxylic acids is 1. The Morgan fingerprint density at radius 3 is 2.80 bits per heavy atom. The molecule has 0 saturated heterocycles. The molecular formula is C14H23N5O. The fraction of sp³-hybridized carbons (Fsp3) is 0.571. The van der Waals surface area contributed by atoms with E-state index in [1.165, 1.54) is 12.8 Å². The maximum Gasteiger partial charge on any atom is 0.241 e. The first-order chi connectivity index (χ1) is 9.54. The Hall–Kier alpha value is -1.98. The highest BCUT2D eigenvalue weighted by Crippen LogP contribution is 2.18. The lowest BCUT2D eigenvalue weighted by atomic mass is 10.3. The van der Waals surface area contributed by atoms with Gasteiger partial charge in [0.25, 0.3) is 0 Å². The van der Waals surface area contributed by atoms with E-state index >= 15 is 0 Å². The van der Waals surface area contributed by atoms with Gasteiger partial charge in [0, 0.05) is 39.6 Å². The lowest BCUT2D eigenvalue weighted by Crippen LogP contribution is -2.43. The van der Waals surface area contributed by atoms with Gasteiger partial charge in [-0.3, -0.25) is 4.79 Å². The average molecular weight is 277 g/mol. The van der Waals surface area contributed by atoms with Crippen molar-refractivity contribution in [3.63, 3.8) is 0 Å². The van der Waals surface area contributed by atoms with Crippen LogP contribution in [0.1, 0.15) is 18.4 Å². The summed E-state index contributed by atoms with van der Waals surface area (Å²) in [7, 11) is 5.49. The van der Waals surface area contributed by atoms with Crippen molar-refractivity contribution in [3.8, 4) is 0 Å². The Balaban J connectivity index is 1.89. The SMILES string of the molecule is CN(C)C(=O)CNC(=NCc1ccn(C)c1)NC1CC1. The lowest BCUT2D eigenvalue weighted by Gasteiger charge is -2.14. The van der Waals surface area contributed by atoms with E-state index in [-0.39, 0.29) is 12.5 Å². The van der Waals surface area contributed by atoms with Gasteiger partial charge in [0.2, 0.25) is 5.91 Å². The fourth-order valence-corrected chi connectivity index (χ4v) is 1.72. The Morgan fingerprint density at radius 1 is 1.50 bits per heavy atom. The van der Waals surface area contributed by atoms with Crippen molar-refractivity contribution >= 4 is 11.9 Å². The van der Waals surface area contributed by atoms with Gasteiger partial charge in [-0.1, -0.05) is 0 Å². The summed E-state index contributed by atoms with van der Waals surface area (Å²) < 4.78 is 2.00. The number of hydrogen-bond acceptors (Lipinski definition) is 2. The number of carbonyl (C=O) groups is 1. The molecule has 0 atom stereocenters. The van der Waals surface area contributed by atoms with Crippen LogP contribution in [0.15, 0.2) is 23.5 Å². The van der Waals surface area contributed by atoms with E-state index in [4.69, 9.17) is 0 Å². The second kappa shape index (κ2) is 6.45. The Labute approximate surface area is 119 Å². The van der Waals surface area contributed by atoms with Crippen molar-refractivity contribution in [3.05, 3.63) is 24.0 Å². The van der Waals surface area contributed by atoms with Crippen LogP contribution in [0, 0.1) is 0 Å². The van der Waals surface area contributed by atoms with E-state index in [1.807, 2.05) is 30.1 Å². The molecule has 2 N–H and O–H groups in total. The van der Waals surface area contributed by atoms with E-state index in [0.29, 0.717) is 18.5 Å². The van der Waals surface area contributed by atoms with Gasteiger partial charge in [0.05, 0.1) is 13.1 Å². The number of amides is 1. The molecule has 0 aromatic carbocycles. The van der Waals surface area contributed by atoms with Crippen LogP contribution in [0.3, 0.4) is 0 Å². The summed E-state index contributed by atoms with van der Waals surface area (Å²) in [5, 5.41) is 6.41. The van der Waals surface area contributed by atoms with E-state index in [1.54, 1.807) is 19.0 Å². The highest BCUT2D eigenvalue weighted by molar-refractivity contribution is 5.86. The number of hydrogen-bond donors (Lipinski definition) is 2. The molecule has 1 fully saturated rings. The molecule has 20 heavy (non-hydrogen) atoms. The van der Waals surface area contributed by atoms with Crippen molar-refractivity contribution in [2.45, 2.75) is 25.4 Å². The minimum absolute atomic E-state index is 0.0370. The van der Waals surface area contributed by atoms with Crippen LogP contribution < -0.4 is 10.6 Å². The quantitative estimate of drug-likeness (QED) is 0.601. The van der Waals surface area contributed by atoms with Crippen molar-refractivity contribution in [1.82, 2.24) is 20.1 Å². The zero-order valence-corrected chi connectivity index (χ0v) is 12.4. The maximum atomic E-state index is 11.6. The van der Waals surface area contributed by atoms with Crippen molar-refractivity contribution in [2.75, 3.05) is 20.6 Å². The van der Waals surface area contributed by atoms with Gasteiger partial charge >= 0.3 is 0 Å². The van der Waals surface area contributed by atoms with Crippen molar-refractivity contribution in [2.24, 2.45) is 12.0 Å². The highest BCUT2D eigenvalue weighted by atomic mass is 16.2. The molecule has 1 aromatic rings. The van der Waals surface area contributed by atoms with Crippen LogP contribution in [-0.2, 0) is 18.4 Å². The molecule has 1 aliphatic rings. The summed E-state index contributed by atoms with van der Waals surface area (Å²) in [5.74, 6) is 0.751. The average Bonchev–Trinajstić information content (AvgIpc) is 3.13. The van der Waals surface area contributed by atoms with E-state index < -0.39 is 0 Å². The van der Waals surface area contributed by atoms with Crippen LogP contribution in [0.2, 0.25) is 0 Å². The molecule has 1 saturated carbocycles. The molecule has 110 valence electrons. The molecule has 6 heteroatoms. The largest absolute Gasteiger partial charge is 0.357 e. The summed E-state index contributed by atoms with van der Waals surface area (Å²) in [4.78, 5) is 17.7. The van der Waals surface area contributed by atoms with Crippen LogP contribution in [0.4, 0.5) is 0 Å². The monoisotopic (exact) mass is 277 g/mol. The van der Waals surface area contributed by atoms with Crippen LogP contribution in [0.5, 0.6) is 0 Å². The third-order valence-electron chi connectivity index (χ3n) is 3.14. The Bertz CT molecular complexity index is 488. The Kier molecular flexibility index (Phi) is 4.65. The molecule has 1 aromatic heterocycles. The summed E-state index contributed by atoms with van der Waals surface area (Å²) in [6, 6.07) is 2.55. The number of nitrogens with zero attached hydrogens (tertiary/aromatic N) is 3. The number of rotatable bonds is 5. The molecule has 1 aliphatic carbocycles. The number of aryl methyl sites for hydroxylation is 1. The zero-order chi connectivity index (χ0) is 14.5. The minimum atomic E-state index is 0.0370. The van der Waals surface area contributed by atoms with Gasteiger partial charge in [-0.15, -0.1) is 0 Å². The fourth-order valence-electron chi connectivity index (χ4n) is 1.72. The van der Waals surface area contributed by atoms with Crippen molar-refractivity contribution in [1.29, 1.82) is 0 Å². The molecule has 2 rings (SSSR count). The molecule has 0 bridgehead atoms. The summed E-state index contributed by atoms with van der Waals surface area (Å²) >= 11 is 0. The minimum Gasteiger partial charge on any atom is -0.357 e. The third kappa shape index (κ3) is 4.60. The first-order valence-corrected chi connectivity index (χ1v) is 6.90. The Morgan fingerprint density at radius 2 is 2.25 bits per heavy atom. The van der Waals surface area contributed by atoms with E-state index in [2.05, 4.69) is 15.6 Å². The summed E-state index contributed by atoms with van der Waals surface area (Å²) in [5.41, 5.74) is 1.16. The number of aromatic nitrogens is 1. The zero-order valence-electron chi connectivity index (χ0n) is 12.4. The topological polar surface area (TPSA) is 61.7 Å². The van der Waals surface area contributed by atoms with Gasteiger partial charge in [-0.2, -0.15) is 0 Å². The first-order valence-electron chi connectivity index (χ1n) is 6.90. The summed E-state index contributed by atoms with van der Waals surface area (Å²) in [6.07, 6.45) is 6.40. The van der Waals surface area contributed by atoms with Gasteiger partial charge in [0.15, 0.2) is 5.96 Å². The smallest absolute Gasteiger partial charge is 0.241 e. The molecule has 0 spiro atoms. The molecular weight excluding hydrogens is 254 g/mol. The number of guanidine groups is 1. The van der Waals surface area contributed by atoms with Gasteiger partial charge in [-0.05, 0) is 24.5 Å². The molecule has 1 amide bonds. The lowest BCUT2D eigenvalue weighted by molar-refractivity contribution is -0.127. The van der Waals surface area contributed by atoms with Crippen molar-refractivity contribution < 1.29 is 4.79 Å². The predicted octanol–water partition coefficient (Wildman–Crippen LogP) is 0.311. The molecule has 0 aliphatic heterocycles. The highest BCUT2D eigenvalue weighted by Gasteiger charge is 2.22. The van der Waals surface area contributed by atoms with Gasteiger partial charge in [0.1, 0.15) is 0 Å². The van der Waals surface area contributed by atoms with E-state index in [0.717, 1.165) is 5.56 Å². The van der Waals surface area contributed by atoms with Crippen LogP contribution in [-0.4, -0.2) is 48.0 Å². The normalized spacial score (nSPS) is 15.1. The standard InChI is InChI=1S/C14H23N5O/c1-18(2)13(20)9-16-14(17-12-4-5-12)15-8-11-6-7-19(3)10-11/h6-7,10,12H,4-5,8-9H2,1-3H3,(H2,15,16,17). The molecule has 6 nitrogen and oxygen atoms in total. The van der Waals surface area contributed by atoms with Gasteiger partial charge in [-0.25, -0.2) is 4.99 Å². The second-order valence-electron chi connectivity index (χ2n) is 5.41. The number of aliphatic imine (C=N–C) groups is 1. The predicted molar refractivity (Wildman–Crippen MR) is 79.4 cm³/mol. The maximum absolute atomic E-state index is 11.6. The third-order valence-corrected chi connectivity index (χ3v) is 3.14. The summed E-state index contributed by atoms with van der Waals surface area (Å²) in [6.45, 7) is 0.874. The van der Waals surface area contributed by atoms with Gasteiger partial charge < -0.3 is 20.1 Å². The number of nitrogens with one attached hydrogen (secondary N) is 2. The molecule has 1 heterocycles. The number of likely N-dealkylation sites (N-methyl/N-ethyl adjacent to an activating group) is 1. The molecule has 0 radical (unpaired) electrons. The van der Waals surface area contributed by atoms with Crippen LogP contribution in [0.25, 0.3) is 0 Å². The first kappa shape index (κ1) is 14.4. The second-order valence-corrected chi connectivity index (χ2v) is 5.41.